The van der Waals surface area contributed by atoms with Gasteiger partial charge in [0.2, 0.25) is 0 Å². The zero-order valence-corrected chi connectivity index (χ0v) is 19.6. The fourth-order valence-corrected chi connectivity index (χ4v) is 4.92. The van der Waals surface area contributed by atoms with Crippen LogP contribution in [0.1, 0.15) is 47.8 Å². The number of carbonyl (C=O) groups excluding carboxylic acids is 1. The Bertz CT molecular complexity index is 1380. The number of aryl methyl sites for hydroxylation is 2. The van der Waals surface area contributed by atoms with Crippen molar-refractivity contribution >= 4 is 16.8 Å². The summed E-state index contributed by atoms with van der Waals surface area (Å²) in [4.78, 5) is 12.3. The van der Waals surface area contributed by atoms with Gasteiger partial charge in [0, 0.05) is 42.5 Å². The van der Waals surface area contributed by atoms with Gasteiger partial charge in [0.05, 0.1) is 17.3 Å². The molecule has 2 aromatic carbocycles. The maximum absolute atomic E-state index is 13.5. The first kappa shape index (κ1) is 23.0. The average molecular weight is 480 g/mol. The molecule has 1 aliphatic rings. The molecule has 0 unspecified atom stereocenters. The lowest BCUT2D eigenvalue weighted by Gasteiger charge is -2.28. The molecule has 1 saturated carbocycles. The van der Waals surface area contributed by atoms with Gasteiger partial charge >= 0.3 is 0 Å². The zero-order chi connectivity index (χ0) is 24.7. The molecule has 0 spiro atoms. The Morgan fingerprint density at radius 1 is 1.09 bits per heavy atom. The Kier molecular flexibility index (Phi) is 6.00. The van der Waals surface area contributed by atoms with E-state index in [4.69, 9.17) is 5.10 Å². The zero-order valence-electron chi connectivity index (χ0n) is 19.6. The maximum atomic E-state index is 13.5. The van der Waals surface area contributed by atoms with E-state index in [1.54, 1.807) is 0 Å². The molecule has 5 rings (SSSR count). The molecule has 1 amide bonds. The Labute approximate surface area is 201 Å². The van der Waals surface area contributed by atoms with E-state index in [1.165, 1.54) is 0 Å². The number of halogens is 2. The number of hydrogen-bond donors (Lipinski definition) is 2. The predicted octanol–water partition coefficient (Wildman–Crippen LogP) is 4.89. The van der Waals surface area contributed by atoms with Crippen LogP contribution in [-0.4, -0.2) is 37.1 Å². The largest absolute Gasteiger partial charge is 0.503 e. The van der Waals surface area contributed by atoms with Gasteiger partial charge in [-0.25, -0.2) is 8.78 Å². The number of benzene rings is 2. The number of phenols is 1. The number of phenolic OH excluding ortho intramolecular Hbond substituents is 1. The molecule has 2 aromatic heterocycles. The van der Waals surface area contributed by atoms with Crippen LogP contribution in [0.5, 0.6) is 5.75 Å². The Hall–Kier alpha value is -3.75. The normalized spacial score (nSPS) is 18.2. The van der Waals surface area contributed by atoms with Crippen LogP contribution in [0.2, 0.25) is 0 Å². The van der Waals surface area contributed by atoms with Crippen LogP contribution in [0.4, 0.5) is 8.78 Å². The standard InChI is InChI=1S/C26H27F2N5O2/c1-15-21(14-32(2)30-15)17-5-6-18-13-33(31-24(18)11-17)20-7-3-16(4-8-20)12-29-26(35)19-9-22(27)25(34)23(28)10-19/h5-6,9-11,13-14,16,20,34H,3-4,7-8,12H2,1-2H3,(H,29,35). The van der Waals surface area contributed by atoms with Crippen LogP contribution < -0.4 is 5.32 Å². The quantitative estimate of drug-likeness (QED) is 0.427. The van der Waals surface area contributed by atoms with Crippen LogP contribution in [0.3, 0.4) is 0 Å². The highest BCUT2D eigenvalue weighted by Gasteiger charge is 2.24. The van der Waals surface area contributed by atoms with E-state index in [0.717, 1.165) is 65.5 Å². The molecule has 2 N–H and O–H groups in total. The second-order valence-electron chi connectivity index (χ2n) is 9.36. The lowest BCUT2D eigenvalue weighted by molar-refractivity contribution is 0.0940. The Morgan fingerprint density at radius 2 is 1.80 bits per heavy atom. The molecule has 2 heterocycles. The van der Waals surface area contributed by atoms with Gasteiger partial charge in [0.25, 0.3) is 5.91 Å². The number of nitrogens with one attached hydrogen (secondary N) is 1. The summed E-state index contributed by atoms with van der Waals surface area (Å²) in [6.07, 6.45) is 7.81. The van der Waals surface area contributed by atoms with Crippen molar-refractivity contribution in [1.82, 2.24) is 24.9 Å². The van der Waals surface area contributed by atoms with Gasteiger partial charge in [-0.2, -0.15) is 10.2 Å². The van der Waals surface area contributed by atoms with Gasteiger partial charge in [-0.05, 0) is 62.3 Å². The van der Waals surface area contributed by atoms with Crippen LogP contribution in [0, 0.1) is 24.5 Å². The lowest BCUT2D eigenvalue weighted by Crippen LogP contribution is -2.31. The van der Waals surface area contributed by atoms with Crippen LogP contribution in [-0.2, 0) is 7.05 Å². The molecule has 0 aliphatic heterocycles. The number of carbonyl (C=O) groups is 1. The third-order valence-corrected chi connectivity index (χ3v) is 6.87. The van der Waals surface area contributed by atoms with Crippen molar-refractivity contribution in [2.75, 3.05) is 6.54 Å². The molecule has 1 fully saturated rings. The highest BCUT2D eigenvalue weighted by atomic mass is 19.1. The summed E-state index contributed by atoms with van der Waals surface area (Å²) in [7, 11) is 1.92. The summed E-state index contributed by atoms with van der Waals surface area (Å²) in [5.41, 5.74) is 3.99. The van der Waals surface area contributed by atoms with E-state index >= 15 is 0 Å². The fraction of sp³-hybridized carbons (Fsp3) is 0.346. The van der Waals surface area contributed by atoms with E-state index in [-0.39, 0.29) is 11.5 Å². The van der Waals surface area contributed by atoms with E-state index in [9.17, 15) is 18.7 Å². The highest BCUT2D eigenvalue weighted by molar-refractivity contribution is 5.94. The van der Waals surface area contributed by atoms with Gasteiger partial charge in [-0.3, -0.25) is 14.2 Å². The van der Waals surface area contributed by atoms with Gasteiger partial charge in [-0.1, -0.05) is 12.1 Å². The second kappa shape index (κ2) is 9.13. The number of rotatable bonds is 5. The molecule has 0 atom stereocenters. The average Bonchev–Trinajstić information content (AvgIpc) is 3.42. The molecular formula is C26H27F2N5O2. The van der Waals surface area contributed by atoms with Crippen LogP contribution in [0.25, 0.3) is 22.0 Å². The summed E-state index contributed by atoms with van der Waals surface area (Å²) in [6.45, 7) is 2.44. The molecular weight excluding hydrogens is 452 g/mol. The summed E-state index contributed by atoms with van der Waals surface area (Å²) in [6, 6.07) is 8.27. The summed E-state index contributed by atoms with van der Waals surface area (Å²) >= 11 is 0. The molecule has 0 bridgehead atoms. The third-order valence-electron chi connectivity index (χ3n) is 6.87. The third kappa shape index (κ3) is 4.62. The maximum Gasteiger partial charge on any atom is 0.251 e. The SMILES string of the molecule is Cc1nn(C)cc1-c1ccc2cn(C3CCC(CNC(=O)c4cc(F)c(O)c(F)c4)CC3)nc2c1. The Morgan fingerprint density at radius 3 is 2.46 bits per heavy atom. The van der Waals surface area contributed by atoms with Gasteiger partial charge in [0.15, 0.2) is 17.4 Å². The van der Waals surface area contributed by atoms with E-state index in [1.807, 2.05) is 24.9 Å². The molecule has 7 nitrogen and oxygen atoms in total. The predicted molar refractivity (Wildman–Crippen MR) is 128 cm³/mol. The number of fused-ring (bicyclic) bond motifs is 1. The van der Waals surface area contributed by atoms with Crippen molar-refractivity contribution in [1.29, 1.82) is 0 Å². The van der Waals surface area contributed by atoms with E-state index in [0.29, 0.717) is 12.6 Å². The lowest BCUT2D eigenvalue weighted by atomic mass is 9.86. The summed E-state index contributed by atoms with van der Waals surface area (Å²) in [5.74, 6) is -3.64. The molecule has 9 heteroatoms. The molecule has 182 valence electrons. The van der Waals surface area contributed by atoms with Crippen LogP contribution >= 0.6 is 0 Å². The van der Waals surface area contributed by atoms with Gasteiger partial charge in [-0.15, -0.1) is 0 Å². The van der Waals surface area contributed by atoms with E-state index < -0.39 is 23.3 Å². The number of aromatic hydroxyl groups is 1. The molecule has 0 radical (unpaired) electrons. The first-order valence-electron chi connectivity index (χ1n) is 11.7. The molecule has 35 heavy (non-hydrogen) atoms. The number of amides is 1. The van der Waals surface area contributed by atoms with Crippen molar-refractivity contribution in [3.63, 3.8) is 0 Å². The van der Waals surface area contributed by atoms with E-state index in [2.05, 4.69) is 39.5 Å². The monoisotopic (exact) mass is 479 g/mol. The first-order valence-corrected chi connectivity index (χ1v) is 11.7. The molecule has 4 aromatic rings. The Balaban J connectivity index is 1.20. The minimum atomic E-state index is -1.15. The minimum absolute atomic E-state index is 0.143. The highest BCUT2D eigenvalue weighted by Crippen LogP contribution is 2.33. The van der Waals surface area contributed by atoms with Crippen molar-refractivity contribution in [2.45, 2.75) is 38.6 Å². The van der Waals surface area contributed by atoms with Crippen molar-refractivity contribution in [3.8, 4) is 16.9 Å². The van der Waals surface area contributed by atoms with Crippen LogP contribution in [0.15, 0.2) is 42.7 Å². The molecule has 0 saturated heterocycles. The fourth-order valence-electron chi connectivity index (χ4n) is 4.92. The minimum Gasteiger partial charge on any atom is -0.503 e. The first-order chi connectivity index (χ1) is 16.8. The number of nitrogens with zero attached hydrogens (tertiary/aromatic N) is 4. The van der Waals surface area contributed by atoms with Crippen molar-refractivity contribution in [2.24, 2.45) is 13.0 Å². The van der Waals surface area contributed by atoms with Gasteiger partial charge < -0.3 is 10.4 Å². The summed E-state index contributed by atoms with van der Waals surface area (Å²) < 4.78 is 30.9. The molecule has 1 aliphatic carbocycles. The topological polar surface area (TPSA) is 85.0 Å². The van der Waals surface area contributed by atoms with Crippen molar-refractivity contribution < 1.29 is 18.7 Å². The second-order valence-corrected chi connectivity index (χ2v) is 9.36. The van der Waals surface area contributed by atoms with Gasteiger partial charge in [0.1, 0.15) is 0 Å². The van der Waals surface area contributed by atoms with Crippen molar-refractivity contribution in [3.05, 3.63) is 65.6 Å². The number of hydrogen-bond acceptors (Lipinski definition) is 4. The number of aromatic nitrogens is 4. The smallest absolute Gasteiger partial charge is 0.251 e. The summed E-state index contributed by atoms with van der Waals surface area (Å²) in [5, 5.41) is 22.3.